The van der Waals surface area contributed by atoms with Crippen LogP contribution in [0.2, 0.25) is 0 Å². The molecule has 1 N–H and O–H groups in total. The molecular weight excluding hydrogens is 306 g/mol. The Labute approximate surface area is 154 Å². The Kier molecular flexibility index (Phi) is 12.5. The summed E-state index contributed by atoms with van der Waals surface area (Å²) >= 11 is 0. The summed E-state index contributed by atoms with van der Waals surface area (Å²) < 4.78 is 0. The summed E-state index contributed by atoms with van der Waals surface area (Å²) in [5.74, 6) is 0. The van der Waals surface area contributed by atoms with E-state index in [0.29, 0.717) is 0 Å². The van der Waals surface area contributed by atoms with Gasteiger partial charge in [0, 0.05) is 19.4 Å². The van der Waals surface area contributed by atoms with E-state index < -0.39 is 0 Å². The molecule has 1 rings (SSSR count). The van der Waals surface area contributed by atoms with E-state index in [0.717, 1.165) is 32.2 Å². The lowest BCUT2D eigenvalue weighted by Gasteiger charge is -2.04. The van der Waals surface area contributed by atoms with Crippen LogP contribution < -0.4 is 0 Å². The summed E-state index contributed by atoms with van der Waals surface area (Å²) in [7, 11) is 0. The minimum Gasteiger partial charge on any atom is -0.396 e. The predicted octanol–water partition coefficient (Wildman–Crippen LogP) is 5.70. The molecule has 138 valence electrons. The molecule has 0 heterocycles. The molecule has 1 aromatic carbocycles. The van der Waals surface area contributed by atoms with Crippen LogP contribution in [0.25, 0.3) is 0 Å². The molecule has 0 aliphatic rings. The summed E-state index contributed by atoms with van der Waals surface area (Å²) in [5, 5.41) is 8.96. The van der Waals surface area contributed by atoms with Gasteiger partial charge in [0.05, 0.1) is 0 Å². The van der Waals surface area contributed by atoms with Crippen molar-refractivity contribution in [2.45, 2.75) is 65.2 Å². The van der Waals surface area contributed by atoms with Gasteiger partial charge in [0.2, 0.25) is 0 Å². The lowest BCUT2D eigenvalue weighted by molar-refractivity contribution is 0.289. The van der Waals surface area contributed by atoms with Crippen LogP contribution in [-0.2, 0) is 12.8 Å². The van der Waals surface area contributed by atoms with Gasteiger partial charge in [-0.1, -0.05) is 55.8 Å². The monoisotopic (exact) mass is 341 g/mol. The van der Waals surface area contributed by atoms with Crippen molar-refractivity contribution in [2.24, 2.45) is 4.99 Å². The molecule has 0 radical (unpaired) electrons. The van der Waals surface area contributed by atoms with Crippen LogP contribution in [0.4, 0.5) is 0 Å². The number of nitrogens with zero attached hydrogens (tertiary/aromatic N) is 1. The third-order valence-corrected chi connectivity index (χ3v) is 4.23. The van der Waals surface area contributed by atoms with Crippen molar-refractivity contribution in [2.75, 3.05) is 13.2 Å². The van der Waals surface area contributed by atoms with Gasteiger partial charge in [-0.3, -0.25) is 4.99 Å². The van der Waals surface area contributed by atoms with Gasteiger partial charge in [-0.2, -0.15) is 0 Å². The summed E-state index contributed by atoms with van der Waals surface area (Å²) in [6.45, 7) is 5.36. The number of hydrogen-bond donors (Lipinski definition) is 1. The van der Waals surface area contributed by atoms with E-state index in [2.05, 4.69) is 42.3 Å². The first kappa shape index (κ1) is 21.4. The molecule has 0 atom stereocenters. The second-order valence-corrected chi connectivity index (χ2v) is 6.51. The van der Waals surface area contributed by atoms with E-state index in [-0.39, 0.29) is 6.61 Å². The van der Waals surface area contributed by atoms with E-state index in [1.165, 1.54) is 42.4 Å². The molecule has 0 unspecified atom stereocenters. The first-order valence-corrected chi connectivity index (χ1v) is 9.80. The van der Waals surface area contributed by atoms with Gasteiger partial charge in [0.15, 0.2) is 0 Å². The molecule has 0 amide bonds. The van der Waals surface area contributed by atoms with E-state index in [9.17, 15) is 0 Å². The number of rotatable bonds is 13. The quantitative estimate of drug-likeness (QED) is 0.279. The third-order valence-electron chi connectivity index (χ3n) is 4.23. The average molecular weight is 342 g/mol. The lowest BCUT2D eigenvalue weighted by atomic mass is 10.0. The van der Waals surface area contributed by atoms with E-state index in [4.69, 9.17) is 5.11 Å². The van der Waals surface area contributed by atoms with E-state index >= 15 is 0 Å². The predicted molar refractivity (Wildman–Crippen MR) is 111 cm³/mol. The first-order valence-electron chi connectivity index (χ1n) is 9.80. The molecule has 1 aromatic rings. The molecule has 0 saturated carbocycles. The molecule has 0 saturated heterocycles. The fourth-order valence-electron chi connectivity index (χ4n) is 2.66. The Morgan fingerprint density at radius 1 is 1.00 bits per heavy atom. The molecular formula is C23H35NO. The number of aliphatic imine (C=N–C) groups is 1. The molecule has 0 aliphatic carbocycles. The Hall–Kier alpha value is -1.67. The summed E-state index contributed by atoms with van der Waals surface area (Å²) in [4.78, 5) is 4.55. The van der Waals surface area contributed by atoms with Crippen LogP contribution >= 0.6 is 0 Å². The number of unbranched alkanes of at least 4 members (excludes halogenated alkanes) is 2. The molecule has 0 aromatic heterocycles. The Morgan fingerprint density at radius 3 is 2.28 bits per heavy atom. The van der Waals surface area contributed by atoms with Crippen LogP contribution in [0.1, 0.15) is 63.5 Å². The smallest absolute Gasteiger partial charge is 0.0434 e. The van der Waals surface area contributed by atoms with Crippen molar-refractivity contribution in [3.05, 3.63) is 59.2 Å². The fourth-order valence-corrected chi connectivity index (χ4v) is 2.66. The third kappa shape index (κ3) is 10.7. The molecule has 0 aliphatic heterocycles. The second kappa shape index (κ2) is 14.7. The molecule has 0 fully saturated rings. The topological polar surface area (TPSA) is 32.6 Å². The minimum atomic E-state index is 0.234. The van der Waals surface area contributed by atoms with Gasteiger partial charge in [-0.05, 0) is 68.6 Å². The maximum absolute atomic E-state index is 8.96. The molecule has 2 nitrogen and oxygen atoms in total. The van der Waals surface area contributed by atoms with Crippen LogP contribution in [0.3, 0.4) is 0 Å². The number of aliphatic hydroxyl groups is 1. The van der Waals surface area contributed by atoms with Gasteiger partial charge in [0.1, 0.15) is 0 Å². The molecule has 0 spiro atoms. The highest BCUT2D eigenvalue weighted by Gasteiger charge is 1.96. The van der Waals surface area contributed by atoms with Crippen molar-refractivity contribution < 1.29 is 5.11 Å². The largest absolute Gasteiger partial charge is 0.396 e. The van der Waals surface area contributed by atoms with Crippen molar-refractivity contribution in [3.8, 4) is 0 Å². The molecule has 25 heavy (non-hydrogen) atoms. The summed E-state index contributed by atoms with van der Waals surface area (Å²) in [5.41, 5.74) is 4.08. The van der Waals surface area contributed by atoms with Crippen LogP contribution in [0.15, 0.2) is 53.1 Å². The second-order valence-electron chi connectivity index (χ2n) is 6.51. The van der Waals surface area contributed by atoms with Crippen LogP contribution in [-0.4, -0.2) is 24.5 Å². The van der Waals surface area contributed by atoms with Crippen molar-refractivity contribution in [1.29, 1.82) is 0 Å². The van der Waals surface area contributed by atoms with E-state index in [1.807, 2.05) is 25.3 Å². The van der Waals surface area contributed by atoms with Crippen molar-refractivity contribution in [1.82, 2.24) is 0 Å². The molecule has 0 bridgehead atoms. The van der Waals surface area contributed by atoms with Crippen molar-refractivity contribution in [3.63, 3.8) is 0 Å². The van der Waals surface area contributed by atoms with Gasteiger partial charge in [-0.15, -0.1) is 0 Å². The van der Waals surface area contributed by atoms with Gasteiger partial charge in [-0.25, -0.2) is 0 Å². The van der Waals surface area contributed by atoms with Crippen LogP contribution in [0.5, 0.6) is 0 Å². The average Bonchev–Trinajstić information content (AvgIpc) is 2.65. The van der Waals surface area contributed by atoms with E-state index in [1.54, 1.807) is 0 Å². The standard InChI is InChI=1S/C23H35NO/c1-3-5-10-21-14-16-22(17-15-21)12-7-8-18-24-20-23(11-6-4-2)13-9-19-25/h4,6,11,14-17,20,25H,3,5,7-10,12-13,18-19H2,1-2H3/b6-4-,23-11-,24-20?. The SMILES string of the molecule is C/C=C\C=C(/C=NCCCCc1ccc(CCCC)cc1)CCCO. The number of aliphatic hydroxyl groups excluding tert-OH is 1. The number of aryl methyl sites for hydroxylation is 2. The minimum absolute atomic E-state index is 0.234. The zero-order chi connectivity index (χ0) is 18.2. The van der Waals surface area contributed by atoms with Crippen LogP contribution in [0, 0.1) is 0 Å². The highest BCUT2D eigenvalue weighted by atomic mass is 16.2. The Morgan fingerprint density at radius 2 is 1.68 bits per heavy atom. The first-order chi connectivity index (χ1) is 12.3. The van der Waals surface area contributed by atoms with Crippen molar-refractivity contribution >= 4 is 6.21 Å². The van der Waals surface area contributed by atoms with Gasteiger partial charge >= 0.3 is 0 Å². The maximum atomic E-state index is 8.96. The zero-order valence-electron chi connectivity index (χ0n) is 16.1. The highest BCUT2D eigenvalue weighted by molar-refractivity contribution is 5.78. The highest BCUT2D eigenvalue weighted by Crippen LogP contribution is 2.10. The number of hydrogen-bond acceptors (Lipinski definition) is 2. The lowest BCUT2D eigenvalue weighted by Crippen LogP contribution is -1.92. The maximum Gasteiger partial charge on any atom is 0.0434 e. The van der Waals surface area contributed by atoms with Gasteiger partial charge < -0.3 is 5.11 Å². The Balaban J connectivity index is 2.27. The number of benzene rings is 1. The Bertz CT molecular complexity index is 526. The summed E-state index contributed by atoms with van der Waals surface area (Å²) in [6.07, 6.45) is 16.9. The van der Waals surface area contributed by atoms with Gasteiger partial charge in [0.25, 0.3) is 0 Å². The fraction of sp³-hybridized carbons (Fsp3) is 0.522. The molecule has 2 heteroatoms. The normalized spacial score (nSPS) is 12.5. The zero-order valence-corrected chi connectivity index (χ0v) is 16.1. The number of allylic oxidation sites excluding steroid dienone is 4. The summed E-state index contributed by atoms with van der Waals surface area (Å²) in [6, 6.07) is 9.12.